The van der Waals surface area contributed by atoms with Crippen molar-refractivity contribution >= 4 is 5.91 Å². The summed E-state index contributed by atoms with van der Waals surface area (Å²) in [6.45, 7) is 6.27. The van der Waals surface area contributed by atoms with E-state index in [9.17, 15) is 4.79 Å². The molecule has 3 heterocycles. The Morgan fingerprint density at radius 1 is 1.38 bits per heavy atom. The van der Waals surface area contributed by atoms with Crippen LogP contribution in [0.5, 0.6) is 0 Å². The van der Waals surface area contributed by atoms with Crippen LogP contribution >= 0.6 is 0 Å². The van der Waals surface area contributed by atoms with Gasteiger partial charge in [0.25, 0.3) is 0 Å². The fourth-order valence-electron chi connectivity index (χ4n) is 3.10. The normalized spacial score (nSPS) is 18.2. The molecule has 0 radical (unpaired) electrons. The van der Waals surface area contributed by atoms with Crippen molar-refractivity contribution < 1.29 is 9.32 Å². The molecular weight excluding hydrogens is 266 g/mol. The van der Waals surface area contributed by atoms with Gasteiger partial charge >= 0.3 is 0 Å². The molecule has 0 unspecified atom stereocenters. The van der Waals surface area contributed by atoms with Gasteiger partial charge in [0, 0.05) is 30.8 Å². The van der Waals surface area contributed by atoms with Gasteiger partial charge in [-0.15, -0.1) is 0 Å². The molecule has 3 rings (SSSR count). The summed E-state index contributed by atoms with van der Waals surface area (Å²) >= 11 is 0. The Bertz CT molecular complexity index is 641. The van der Waals surface area contributed by atoms with Crippen LogP contribution in [0.25, 0.3) is 11.1 Å². The van der Waals surface area contributed by atoms with Gasteiger partial charge in [-0.05, 0) is 32.8 Å². The van der Waals surface area contributed by atoms with Gasteiger partial charge in [0.05, 0.1) is 17.4 Å². The lowest BCUT2D eigenvalue weighted by Crippen LogP contribution is -2.28. The Hall–Kier alpha value is -2.17. The molecule has 2 aromatic heterocycles. The van der Waals surface area contributed by atoms with Crippen LogP contribution in [0.1, 0.15) is 43.0 Å². The molecule has 0 N–H and O–H groups in total. The molecule has 1 amide bonds. The molecule has 0 aromatic carbocycles. The number of nitrogens with zero attached hydrogens (tertiary/aromatic N) is 3. The molecule has 1 atom stereocenters. The molecule has 21 heavy (non-hydrogen) atoms. The van der Waals surface area contributed by atoms with Crippen molar-refractivity contribution in [1.82, 2.24) is 15.0 Å². The molecule has 0 spiro atoms. The summed E-state index contributed by atoms with van der Waals surface area (Å²) in [7, 11) is 0. The monoisotopic (exact) mass is 285 g/mol. The molecule has 0 bridgehead atoms. The summed E-state index contributed by atoms with van der Waals surface area (Å²) in [5, 5.41) is 3.97. The average molecular weight is 285 g/mol. The molecule has 1 saturated heterocycles. The fraction of sp³-hybridized carbons (Fsp3) is 0.438. The van der Waals surface area contributed by atoms with E-state index in [0.717, 1.165) is 47.7 Å². The first-order valence-electron chi connectivity index (χ1n) is 7.24. The van der Waals surface area contributed by atoms with Gasteiger partial charge in [0.1, 0.15) is 5.76 Å². The molecular formula is C16H19N3O2. The van der Waals surface area contributed by atoms with Crippen LogP contribution in [-0.2, 0) is 4.79 Å². The number of likely N-dealkylation sites (tertiary alicyclic amines) is 1. The summed E-state index contributed by atoms with van der Waals surface area (Å²) in [6, 6.07) is 4.15. The molecule has 0 aliphatic carbocycles. The topological polar surface area (TPSA) is 59.2 Å². The highest BCUT2D eigenvalue weighted by atomic mass is 16.5. The van der Waals surface area contributed by atoms with Gasteiger partial charge in [-0.2, -0.15) is 0 Å². The van der Waals surface area contributed by atoms with Crippen molar-refractivity contribution in [1.29, 1.82) is 0 Å². The van der Waals surface area contributed by atoms with E-state index in [1.54, 1.807) is 6.92 Å². The highest BCUT2D eigenvalue weighted by molar-refractivity contribution is 5.74. The summed E-state index contributed by atoms with van der Waals surface area (Å²) < 4.78 is 5.20. The second-order valence-electron chi connectivity index (χ2n) is 5.54. The number of aromatic nitrogens is 2. The van der Waals surface area contributed by atoms with Gasteiger partial charge in [-0.25, -0.2) is 0 Å². The van der Waals surface area contributed by atoms with E-state index in [1.807, 2.05) is 37.1 Å². The predicted molar refractivity (Wildman–Crippen MR) is 78.6 cm³/mol. The van der Waals surface area contributed by atoms with Gasteiger partial charge in [-0.3, -0.25) is 9.78 Å². The third-order valence-corrected chi connectivity index (χ3v) is 4.11. The van der Waals surface area contributed by atoms with Crippen LogP contribution in [0, 0.1) is 13.8 Å². The van der Waals surface area contributed by atoms with Crippen LogP contribution < -0.4 is 0 Å². The second kappa shape index (κ2) is 5.31. The molecule has 5 nitrogen and oxygen atoms in total. The fourth-order valence-corrected chi connectivity index (χ4v) is 3.10. The van der Waals surface area contributed by atoms with Crippen molar-refractivity contribution in [2.24, 2.45) is 0 Å². The van der Waals surface area contributed by atoms with E-state index in [2.05, 4.69) is 10.1 Å². The van der Waals surface area contributed by atoms with Gasteiger partial charge in [-0.1, -0.05) is 11.2 Å². The summed E-state index contributed by atoms with van der Waals surface area (Å²) in [5.41, 5.74) is 3.83. The molecule has 5 heteroatoms. The number of pyridine rings is 1. The van der Waals surface area contributed by atoms with Crippen molar-refractivity contribution in [3.05, 3.63) is 35.5 Å². The zero-order chi connectivity index (χ0) is 15.0. The maximum atomic E-state index is 11.7. The Labute approximate surface area is 124 Å². The minimum absolute atomic E-state index is 0.112. The highest BCUT2D eigenvalue weighted by Crippen LogP contribution is 2.32. The van der Waals surface area contributed by atoms with E-state index in [1.165, 1.54) is 0 Å². The lowest BCUT2D eigenvalue weighted by molar-refractivity contribution is -0.129. The van der Waals surface area contributed by atoms with Crippen LogP contribution in [0.3, 0.4) is 0 Å². The first kappa shape index (κ1) is 13.8. The van der Waals surface area contributed by atoms with Crippen molar-refractivity contribution in [3.63, 3.8) is 0 Å². The van der Waals surface area contributed by atoms with Crippen molar-refractivity contribution in [3.8, 4) is 11.1 Å². The minimum atomic E-state index is 0.112. The highest BCUT2D eigenvalue weighted by Gasteiger charge is 2.28. The Kier molecular flexibility index (Phi) is 3.49. The summed E-state index contributed by atoms with van der Waals surface area (Å²) in [4.78, 5) is 18.1. The van der Waals surface area contributed by atoms with E-state index in [-0.39, 0.29) is 11.9 Å². The SMILES string of the molecule is CC(=O)N1CCC[C@H]1c1ccc(-c2c(C)noc2C)cn1. The van der Waals surface area contributed by atoms with Crippen LogP contribution in [0.15, 0.2) is 22.9 Å². The third kappa shape index (κ3) is 2.44. The second-order valence-corrected chi connectivity index (χ2v) is 5.54. The van der Waals surface area contributed by atoms with Crippen molar-refractivity contribution in [2.75, 3.05) is 6.54 Å². The first-order chi connectivity index (χ1) is 10.1. The lowest BCUT2D eigenvalue weighted by atomic mass is 10.0. The predicted octanol–water partition coefficient (Wildman–Crippen LogP) is 3.04. The van der Waals surface area contributed by atoms with Crippen LogP contribution in [0.4, 0.5) is 0 Å². The number of hydrogen-bond acceptors (Lipinski definition) is 4. The van der Waals surface area contributed by atoms with Crippen LogP contribution in [0.2, 0.25) is 0 Å². The Morgan fingerprint density at radius 3 is 2.76 bits per heavy atom. The largest absolute Gasteiger partial charge is 0.361 e. The van der Waals surface area contributed by atoms with Crippen molar-refractivity contribution in [2.45, 2.75) is 39.7 Å². The molecule has 110 valence electrons. The van der Waals surface area contributed by atoms with Gasteiger partial charge < -0.3 is 9.42 Å². The Morgan fingerprint density at radius 2 is 2.19 bits per heavy atom. The molecule has 0 saturated carbocycles. The van der Waals surface area contributed by atoms with E-state index >= 15 is 0 Å². The number of carbonyl (C=O) groups is 1. The third-order valence-electron chi connectivity index (χ3n) is 4.11. The van der Waals surface area contributed by atoms with E-state index in [0.29, 0.717) is 0 Å². The number of hydrogen-bond donors (Lipinski definition) is 0. The van der Waals surface area contributed by atoms with E-state index < -0.39 is 0 Å². The molecule has 1 aliphatic rings. The molecule has 1 aliphatic heterocycles. The smallest absolute Gasteiger partial charge is 0.220 e. The molecule has 1 fully saturated rings. The van der Waals surface area contributed by atoms with E-state index in [4.69, 9.17) is 4.52 Å². The van der Waals surface area contributed by atoms with Crippen LogP contribution in [-0.4, -0.2) is 27.5 Å². The first-order valence-corrected chi connectivity index (χ1v) is 7.24. The maximum Gasteiger partial charge on any atom is 0.220 e. The molecule has 2 aromatic rings. The maximum absolute atomic E-state index is 11.7. The summed E-state index contributed by atoms with van der Waals surface area (Å²) in [5.74, 6) is 0.919. The summed E-state index contributed by atoms with van der Waals surface area (Å²) in [6.07, 6.45) is 3.87. The lowest BCUT2D eigenvalue weighted by Gasteiger charge is -2.22. The number of amides is 1. The number of rotatable bonds is 2. The number of aryl methyl sites for hydroxylation is 2. The minimum Gasteiger partial charge on any atom is -0.361 e. The standard InChI is InChI=1S/C16H19N3O2/c1-10-16(11(2)21-18-10)13-6-7-14(17-9-13)15-5-4-8-19(15)12(3)20/h6-7,9,15H,4-5,8H2,1-3H3/t15-/m0/s1. The average Bonchev–Trinajstić information content (AvgIpc) is 3.07. The van der Waals surface area contributed by atoms with Gasteiger partial charge in [0.15, 0.2) is 0 Å². The zero-order valence-corrected chi connectivity index (χ0v) is 12.6. The Balaban J connectivity index is 1.89. The quantitative estimate of drug-likeness (QED) is 0.851. The van der Waals surface area contributed by atoms with Gasteiger partial charge in [0.2, 0.25) is 5.91 Å². The number of carbonyl (C=O) groups excluding carboxylic acids is 1. The zero-order valence-electron chi connectivity index (χ0n) is 12.6.